The molecule has 0 aliphatic rings. The van der Waals surface area contributed by atoms with Crippen LogP contribution in [-0.2, 0) is 28.6 Å². The van der Waals surface area contributed by atoms with Gasteiger partial charge in [-0.1, -0.05) is 227 Å². The molecular weight excluding hydrogens is 673 g/mol. The third-order valence-electron chi connectivity index (χ3n) is 11.2. The molecule has 0 aromatic carbocycles. The van der Waals surface area contributed by atoms with Crippen molar-refractivity contribution in [1.29, 1.82) is 0 Å². The lowest BCUT2D eigenvalue weighted by atomic mass is 10.00. The quantitative estimate of drug-likeness (QED) is 0.0349. The number of rotatable bonds is 43. The van der Waals surface area contributed by atoms with E-state index in [0.717, 1.165) is 63.7 Å². The molecule has 0 aliphatic carbocycles. The van der Waals surface area contributed by atoms with Gasteiger partial charge in [-0.15, -0.1) is 0 Å². The maximum atomic E-state index is 12.7. The lowest BCUT2D eigenvalue weighted by Gasteiger charge is -2.18. The lowest BCUT2D eigenvalue weighted by Crippen LogP contribution is -2.30. The molecule has 0 bridgehead atoms. The van der Waals surface area contributed by atoms with Crippen LogP contribution in [0.4, 0.5) is 0 Å². The molecule has 1 unspecified atom stereocenters. The van der Waals surface area contributed by atoms with Crippen molar-refractivity contribution in [2.45, 2.75) is 271 Å². The van der Waals surface area contributed by atoms with Crippen molar-refractivity contribution >= 4 is 17.9 Å². The van der Waals surface area contributed by atoms with Crippen LogP contribution in [-0.4, -0.2) is 37.2 Å². The van der Waals surface area contributed by atoms with Gasteiger partial charge in [-0.2, -0.15) is 0 Å². The van der Waals surface area contributed by atoms with Gasteiger partial charge in [-0.05, 0) is 25.2 Å². The Morgan fingerprint density at radius 2 is 0.648 bits per heavy atom. The molecule has 0 saturated carbocycles. The molecule has 0 radical (unpaired) electrons. The topological polar surface area (TPSA) is 78.9 Å². The smallest absolute Gasteiger partial charge is 0.306 e. The first-order chi connectivity index (χ1) is 26.4. The summed E-state index contributed by atoms with van der Waals surface area (Å²) in [4.78, 5) is 37.7. The van der Waals surface area contributed by atoms with Gasteiger partial charge in [0.25, 0.3) is 0 Å². The van der Waals surface area contributed by atoms with Crippen LogP contribution in [0.5, 0.6) is 0 Å². The second kappa shape index (κ2) is 42.6. The molecule has 54 heavy (non-hydrogen) atoms. The molecule has 2 atom stereocenters. The van der Waals surface area contributed by atoms with E-state index < -0.39 is 6.10 Å². The number of carbonyl (C=O) groups is 3. The van der Waals surface area contributed by atoms with Gasteiger partial charge >= 0.3 is 17.9 Å². The van der Waals surface area contributed by atoms with Crippen molar-refractivity contribution in [3.8, 4) is 0 Å². The summed E-state index contributed by atoms with van der Waals surface area (Å²) < 4.78 is 16.7. The van der Waals surface area contributed by atoms with Crippen LogP contribution in [0.2, 0.25) is 0 Å². The maximum absolute atomic E-state index is 12.7. The van der Waals surface area contributed by atoms with Crippen LogP contribution in [0.3, 0.4) is 0 Å². The monoisotopic (exact) mass is 765 g/mol. The molecule has 320 valence electrons. The summed E-state index contributed by atoms with van der Waals surface area (Å²) in [5.74, 6) is -0.0395. The highest BCUT2D eigenvalue weighted by atomic mass is 16.6. The molecule has 0 rings (SSSR count). The molecule has 0 aromatic heterocycles. The fourth-order valence-electron chi connectivity index (χ4n) is 7.12. The number of unbranched alkanes of at least 4 members (excludes halogenated alkanes) is 29. The van der Waals surface area contributed by atoms with E-state index in [1.165, 1.54) is 161 Å². The maximum Gasteiger partial charge on any atom is 0.306 e. The Bertz CT molecular complexity index is 813. The minimum absolute atomic E-state index is 0.0640. The SMILES string of the molecule is CCCCCCCCCCCCCCCCCC(=O)OC[C@H](COC(=O)CCCCCCCCC(C)CC)OC(=O)CCCCCCCCCCCCC. The first-order valence-corrected chi connectivity index (χ1v) is 23.9. The lowest BCUT2D eigenvalue weighted by molar-refractivity contribution is -0.167. The molecule has 6 heteroatoms. The molecule has 6 nitrogen and oxygen atoms in total. The minimum Gasteiger partial charge on any atom is -0.462 e. The predicted molar refractivity (Wildman–Crippen MR) is 229 cm³/mol. The Labute approximate surface area is 336 Å². The third-order valence-corrected chi connectivity index (χ3v) is 11.2. The Kier molecular flexibility index (Phi) is 41.3. The van der Waals surface area contributed by atoms with Crippen LogP contribution < -0.4 is 0 Å². The summed E-state index contributed by atoms with van der Waals surface area (Å²) >= 11 is 0. The van der Waals surface area contributed by atoms with Gasteiger partial charge in [0.1, 0.15) is 13.2 Å². The Morgan fingerprint density at radius 3 is 0.963 bits per heavy atom. The Hall–Kier alpha value is -1.59. The van der Waals surface area contributed by atoms with Crippen molar-refractivity contribution < 1.29 is 28.6 Å². The first kappa shape index (κ1) is 52.4. The van der Waals surface area contributed by atoms with E-state index in [1.807, 2.05) is 0 Å². The Morgan fingerprint density at radius 1 is 0.370 bits per heavy atom. The van der Waals surface area contributed by atoms with Crippen LogP contribution in [0.1, 0.15) is 265 Å². The first-order valence-electron chi connectivity index (χ1n) is 23.9. The van der Waals surface area contributed by atoms with Crippen molar-refractivity contribution in [3.63, 3.8) is 0 Å². The standard InChI is InChI=1S/C48H92O6/c1-5-8-10-12-14-16-18-19-20-21-23-24-26-31-35-39-46(49)52-42-45(43-53-47(50)40-36-32-29-28-30-34-38-44(4)7-3)54-48(51)41-37-33-27-25-22-17-15-13-11-9-6-2/h44-45H,5-43H2,1-4H3/t44?,45-/m1/s1. The van der Waals surface area contributed by atoms with Gasteiger partial charge in [-0.3, -0.25) is 14.4 Å². The van der Waals surface area contributed by atoms with Crippen molar-refractivity contribution in [2.24, 2.45) is 5.92 Å². The summed E-state index contributed by atoms with van der Waals surface area (Å²) in [7, 11) is 0. The zero-order valence-electron chi connectivity index (χ0n) is 36.7. The van der Waals surface area contributed by atoms with E-state index in [4.69, 9.17) is 14.2 Å². The summed E-state index contributed by atoms with van der Waals surface area (Å²) in [6, 6.07) is 0. The summed E-state index contributed by atoms with van der Waals surface area (Å²) in [5.41, 5.74) is 0. The number of ether oxygens (including phenoxy) is 3. The van der Waals surface area contributed by atoms with E-state index in [0.29, 0.717) is 19.3 Å². The van der Waals surface area contributed by atoms with Gasteiger partial charge in [0.05, 0.1) is 0 Å². The molecule has 0 fully saturated rings. The molecule has 0 aromatic rings. The highest BCUT2D eigenvalue weighted by Gasteiger charge is 2.19. The number of hydrogen-bond acceptors (Lipinski definition) is 6. The van der Waals surface area contributed by atoms with E-state index in [-0.39, 0.29) is 31.1 Å². The summed E-state index contributed by atoms with van der Waals surface area (Å²) in [6.07, 6.45) is 42.3. The van der Waals surface area contributed by atoms with Crippen LogP contribution in [0.25, 0.3) is 0 Å². The van der Waals surface area contributed by atoms with Crippen LogP contribution >= 0.6 is 0 Å². The molecule has 0 amide bonds. The Balaban J connectivity index is 4.30. The number of carbonyl (C=O) groups excluding carboxylic acids is 3. The van der Waals surface area contributed by atoms with Gasteiger partial charge < -0.3 is 14.2 Å². The van der Waals surface area contributed by atoms with Gasteiger partial charge in [0, 0.05) is 19.3 Å². The van der Waals surface area contributed by atoms with E-state index in [2.05, 4.69) is 27.7 Å². The number of esters is 3. The predicted octanol–water partition coefficient (Wildman–Crippen LogP) is 15.1. The molecule has 0 saturated heterocycles. The van der Waals surface area contributed by atoms with E-state index >= 15 is 0 Å². The second-order valence-electron chi connectivity index (χ2n) is 16.6. The van der Waals surface area contributed by atoms with Crippen LogP contribution in [0.15, 0.2) is 0 Å². The highest BCUT2D eigenvalue weighted by Crippen LogP contribution is 2.17. The molecule has 0 spiro atoms. The second-order valence-corrected chi connectivity index (χ2v) is 16.6. The van der Waals surface area contributed by atoms with Gasteiger partial charge in [-0.25, -0.2) is 0 Å². The van der Waals surface area contributed by atoms with Crippen molar-refractivity contribution in [1.82, 2.24) is 0 Å². The fraction of sp³-hybridized carbons (Fsp3) is 0.938. The molecular formula is C48H92O6. The molecule has 0 aliphatic heterocycles. The average molecular weight is 765 g/mol. The number of hydrogen-bond donors (Lipinski definition) is 0. The molecule has 0 heterocycles. The third kappa shape index (κ3) is 40.1. The molecule has 0 N–H and O–H groups in total. The van der Waals surface area contributed by atoms with Crippen LogP contribution in [0, 0.1) is 5.92 Å². The summed E-state index contributed by atoms with van der Waals surface area (Å²) in [5, 5.41) is 0. The fourth-order valence-corrected chi connectivity index (χ4v) is 7.12. The summed E-state index contributed by atoms with van der Waals surface area (Å²) in [6.45, 7) is 8.97. The zero-order chi connectivity index (χ0) is 39.6. The van der Waals surface area contributed by atoms with Gasteiger partial charge in [0.15, 0.2) is 6.10 Å². The van der Waals surface area contributed by atoms with Crippen molar-refractivity contribution in [3.05, 3.63) is 0 Å². The van der Waals surface area contributed by atoms with Crippen molar-refractivity contribution in [2.75, 3.05) is 13.2 Å². The zero-order valence-corrected chi connectivity index (χ0v) is 36.7. The largest absolute Gasteiger partial charge is 0.462 e. The minimum atomic E-state index is -0.760. The normalized spacial score (nSPS) is 12.4. The highest BCUT2D eigenvalue weighted by molar-refractivity contribution is 5.71. The average Bonchev–Trinajstić information content (AvgIpc) is 3.17. The van der Waals surface area contributed by atoms with Gasteiger partial charge in [0.2, 0.25) is 0 Å². The van der Waals surface area contributed by atoms with E-state index in [1.54, 1.807) is 0 Å². The van der Waals surface area contributed by atoms with E-state index in [9.17, 15) is 14.4 Å².